The number of thiazole rings is 1. The molecule has 1 aromatic carbocycles. The van der Waals surface area contributed by atoms with E-state index in [1.54, 1.807) is 25.3 Å². The number of rotatable bonds is 6. The van der Waals surface area contributed by atoms with Gasteiger partial charge in [-0.15, -0.1) is 0 Å². The van der Waals surface area contributed by atoms with Crippen LogP contribution in [0.3, 0.4) is 0 Å². The summed E-state index contributed by atoms with van der Waals surface area (Å²) < 4.78 is 12.2. The van der Waals surface area contributed by atoms with Crippen LogP contribution < -0.4 is 25.2 Å². The van der Waals surface area contributed by atoms with Crippen molar-refractivity contribution >= 4 is 38.4 Å². The first-order valence-corrected chi connectivity index (χ1v) is 10.5. The van der Waals surface area contributed by atoms with Crippen LogP contribution in [0.1, 0.15) is 19.3 Å². The standard InChI is InChI=1S/C20H23N5O4S/c1-28-14-7-6-13(10-15(14)29-2)22-16(26)11-25-12-21-18-17(19(25)27)30-20(23-18)24-8-4-3-5-9-24/h6-7,10,12H,3-5,8-9,11H2,1-2H3,(H,22,26). The number of benzene rings is 1. The molecule has 2 aromatic heterocycles. The number of fused-ring (bicyclic) bond motifs is 1. The van der Waals surface area contributed by atoms with E-state index in [1.807, 2.05) is 0 Å². The number of hydrogen-bond acceptors (Lipinski definition) is 8. The number of hydrogen-bond donors (Lipinski definition) is 1. The number of aromatic nitrogens is 3. The monoisotopic (exact) mass is 429 g/mol. The Balaban J connectivity index is 1.51. The van der Waals surface area contributed by atoms with E-state index < -0.39 is 0 Å². The third-order valence-corrected chi connectivity index (χ3v) is 6.07. The molecule has 1 amide bonds. The quantitative estimate of drug-likeness (QED) is 0.643. The topological polar surface area (TPSA) is 98.6 Å². The minimum absolute atomic E-state index is 0.146. The van der Waals surface area contributed by atoms with Crippen LogP contribution in [0.25, 0.3) is 10.3 Å². The molecule has 158 valence electrons. The van der Waals surface area contributed by atoms with E-state index in [9.17, 15) is 9.59 Å². The van der Waals surface area contributed by atoms with Crippen LogP contribution in [0.2, 0.25) is 0 Å². The fourth-order valence-corrected chi connectivity index (χ4v) is 4.46. The molecule has 4 rings (SSSR count). The maximum Gasteiger partial charge on any atom is 0.273 e. The van der Waals surface area contributed by atoms with E-state index in [4.69, 9.17) is 9.47 Å². The van der Waals surface area contributed by atoms with E-state index >= 15 is 0 Å². The first-order valence-electron chi connectivity index (χ1n) is 9.72. The van der Waals surface area contributed by atoms with Crippen molar-refractivity contribution in [3.63, 3.8) is 0 Å². The molecule has 10 heteroatoms. The van der Waals surface area contributed by atoms with Gasteiger partial charge >= 0.3 is 0 Å². The lowest BCUT2D eigenvalue weighted by Gasteiger charge is -2.25. The minimum Gasteiger partial charge on any atom is -0.493 e. The normalized spacial score (nSPS) is 14.0. The molecule has 0 aliphatic carbocycles. The molecule has 0 atom stereocenters. The van der Waals surface area contributed by atoms with Gasteiger partial charge in [0.25, 0.3) is 5.56 Å². The molecule has 0 spiro atoms. The van der Waals surface area contributed by atoms with Crippen LogP contribution in [0.4, 0.5) is 10.8 Å². The molecule has 9 nitrogen and oxygen atoms in total. The van der Waals surface area contributed by atoms with E-state index in [1.165, 1.54) is 35.8 Å². The van der Waals surface area contributed by atoms with Crippen molar-refractivity contribution in [2.45, 2.75) is 25.8 Å². The van der Waals surface area contributed by atoms with Crippen molar-refractivity contribution in [3.8, 4) is 11.5 Å². The Hall–Kier alpha value is -3.14. The largest absolute Gasteiger partial charge is 0.493 e. The van der Waals surface area contributed by atoms with E-state index in [0.29, 0.717) is 27.5 Å². The van der Waals surface area contributed by atoms with Gasteiger partial charge < -0.3 is 19.7 Å². The molecule has 1 saturated heterocycles. The smallest absolute Gasteiger partial charge is 0.273 e. The summed E-state index contributed by atoms with van der Waals surface area (Å²) >= 11 is 1.34. The van der Waals surface area contributed by atoms with Crippen molar-refractivity contribution in [2.75, 3.05) is 37.5 Å². The molecule has 0 unspecified atom stereocenters. The Morgan fingerprint density at radius 1 is 1.17 bits per heavy atom. The molecular formula is C20H23N5O4S. The van der Waals surface area contributed by atoms with Crippen molar-refractivity contribution < 1.29 is 14.3 Å². The first-order chi connectivity index (χ1) is 14.6. The molecule has 3 aromatic rings. The Morgan fingerprint density at radius 2 is 1.93 bits per heavy atom. The Bertz CT molecular complexity index is 1120. The van der Waals surface area contributed by atoms with Gasteiger partial charge in [0.05, 0.1) is 14.2 Å². The molecule has 1 aliphatic heterocycles. The first kappa shape index (κ1) is 20.1. The zero-order valence-corrected chi connectivity index (χ0v) is 17.7. The second-order valence-corrected chi connectivity index (χ2v) is 7.97. The van der Waals surface area contributed by atoms with Gasteiger partial charge in [-0.2, -0.15) is 4.98 Å². The Kier molecular flexibility index (Phi) is 5.84. The van der Waals surface area contributed by atoms with Crippen LogP contribution >= 0.6 is 11.3 Å². The fourth-order valence-electron chi connectivity index (χ4n) is 3.44. The number of carbonyl (C=O) groups is 1. The molecule has 0 bridgehead atoms. The third kappa shape index (κ3) is 4.09. The highest BCUT2D eigenvalue weighted by Gasteiger charge is 2.18. The Morgan fingerprint density at radius 3 is 2.67 bits per heavy atom. The lowest BCUT2D eigenvalue weighted by atomic mass is 10.1. The molecular weight excluding hydrogens is 406 g/mol. The highest BCUT2D eigenvalue weighted by molar-refractivity contribution is 7.22. The van der Waals surface area contributed by atoms with Gasteiger partial charge in [0.1, 0.15) is 17.6 Å². The van der Waals surface area contributed by atoms with Gasteiger partial charge in [0.15, 0.2) is 22.3 Å². The highest BCUT2D eigenvalue weighted by atomic mass is 32.1. The summed E-state index contributed by atoms with van der Waals surface area (Å²) in [6.45, 7) is 1.75. The third-order valence-electron chi connectivity index (χ3n) is 4.98. The lowest BCUT2D eigenvalue weighted by molar-refractivity contribution is -0.116. The van der Waals surface area contributed by atoms with Gasteiger partial charge in [0, 0.05) is 24.8 Å². The SMILES string of the molecule is COc1ccc(NC(=O)Cn2cnc3nc(N4CCCCC4)sc3c2=O)cc1OC. The predicted octanol–water partition coefficient (Wildman–Crippen LogP) is 2.50. The molecule has 1 aliphatic rings. The predicted molar refractivity (Wildman–Crippen MR) is 116 cm³/mol. The molecule has 30 heavy (non-hydrogen) atoms. The summed E-state index contributed by atoms with van der Waals surface area (Å²) in [7, 11) is 3.07. The molecule has 3 heterocycles. The summed E-state index contributed by atoms with van der Waals surface area (Å²) in [5.41, 5.74) is 0.718. The average molecular weight is 430 g/mol. The average Bonchev–Trinajstić information content (AvgIpc) is 3.21. The molecule has 1 N–H and O–H groups in total. The van der Waals surface area contributed by atoms with Crippen LogP contribution in [0.15, 0.2) is 29.3 Å². The molecule has 1 fully saturated rings. The minimum atomic E-state index is -0.341. The number of ether oxygens (including phenoxy) is 2. The van der Waals surface area contributed by atoms with Gasteiger partial charge in [-0.05, 0) is 31.4 Å². The zero-order chi connectivity index (χ0) is 21.1. The summed E-state index contributed by atoms with van der Waals surface area (Å²) in [6, 6.07) is 5.07. The number of anilines is 2. The highest BCUT2D eigenvalue weighted by Crippen LogP contribution is 2.30. The second-order valence-electron chi connectivity index (χ2n) is 6.99. The molecule has 0 radical (unpaired) electrons. The van der Waals surface area contributed by atoms with Crippen LogP contribution in [-0.4, -0.2) is 47.8 Å². The van der Waals surface area contributed by atoms with Gasteiger partial charge in [0.2, 0.25) is 5.91 Å². The van der Waals surface area contributed by atoms with E-state index in [0.717, 1.165) is 31.1 Å². The van der Waals surface area contributed by atoms with Gasteiger partial charge in [-0.1, -0.05) is 11.3 Å². The summed E-state index contributed by atoms with van der Waals surface area (Å²) in [6.07, 6.45) is 4.86. The number of methoxy groups -OCH3 is 2. The number of carbonyl (C=O) groups excluding carboxylic acids is 1. The van der Waals surface area contributed by atoms with Crippen LogP contribution in [-0.2, 0) is 11.3 Å². The van der Waals surface area contributed by atoms with Crippen LogP contribution in [0.5, 0.6) is 11.5 Å². The fraction of sp³-hybridized carbons (Fsp3) is 0.400. The Labute approximate surface area is 177 Å². The van der Waals surface area contributed by atoms with Gasteiger partial charge in [-0.3, -0.25) is 14.2 Å². The van der Waals surface area contributed by atoms with E-state index in [2.05, 4.69) is 20.2 Å². The number of nitrogens with one attached hydrogen (secondary N) is 1. The number of piperidine rings is 1. The van der Waals surface area contributed by atoms with Crippen molar-refractivity contribution in [1.29, 1.82) is 0 Å². The zero-order valence-electron chi connectivity index (χ0n) is 16.9. The van der Waals surface area contributed by atoms with Crippen molar-refractivity contribution in [2.24, 2.45) is 0 Å². The summed E-state index contributed by atoms with van der Waals surface area (Å²) in [5.74, 6) is 0.729. The number of nitrogens with zero attached hydrogens (tertiary/aromatic N) is 4. The van der Waals surface area contributed by atoms with Gasteiger partial charge in [-0.25, -0.2) is 4.98 Å². The summed E-state index contributed by atoms with van der Waals surface area (Å²) in [5, 5.41) is 3.59. The van der Waals surface area contributed by atoms with E-state index in [-0.39, 0.29) is 18.0 Å². The van der Waals surface area contributed by atoms with Crippen molar-refractivity contribution in [1.82, 2.24) is 14.5 Å². The molecule has 0 saturated carbocycles. The second kappa shape index (κ2) is 8.70. The maximum absolute atomic E-state index is 12.9. The maximum atomic E-state index is 12.9. The van der Waals surface area contributed by atoms with Crippen LogP contribution in [0, 0.1) is 0 Å². The lowest BCUT2D eigenvalue weighted by Crippen LogP contribution is -2.29. The summed E-state index contributed by atoms with van der Waals surface area (Å²) in [4.78, 5) is 36.3. The number of amides is 1. The van der Waals surface area contributed by atoms with Crippen molar-refractivity contribution in [3.05, 3.63) is 34.9 Å².